The quantitative estimate of drug-likeness (QED) is 0.888. The number of hydrogen-bond donors (Lipinski definition) is 2. The third kappa shape index (κ3) is 2.73. The Morgan fingerprint density at radius 2 is 2.19 bits per heavy atom. The molecule has 7 nitrogen and oxygen atoms in total. The van der Waals surface area contributed by atoms with Crippen molar-refractivity contribution in [3.05, 3.63) is 36.0 Å². The molecule has 1 aromatic heterocycles. The van der Waals surface area contributed by atoms with Crippen molar-refractivity contribution in [3.63, 3.8) is 0 Å². The van der Waals surface area contributed by atoms with Gasteiger partial charge in [0.25, 0.3) is 11.7 Å². The van der Waals surface area contributed by atoms with Crippen molar-refractivity contribution >= 4 is 11.6 Å². The topological polar surface area (TPSA) is 91.5 Å². The Morgan fingerprint density at radius 1 is 1.43 bits per heavy atom. The van der Waals surface area contributed by atoms with Crippen molar-refractivity contribution < 1.29 is 14.4 Å². The average Bonchev–Trinajstić information content (AvgIpc) is 3.17. The maximum absolute atomic E-state index is 12.3. The van der Waals surface area contributed by atoms with Crippen LogP contribution < -0.4 is 10.2 Å². The van der Waals surface area contributed by atoms with Crippen LogP contribution in [0.15, 0.2) is 28.8 Å². The molecule has 1 atom stereocenters. The van der Waals surface area contributed by atoms with Crippen LogP contribution in [-0.4, -0.2) is 34.7 Å². The number of aromatic hydroxyl groups is 1. The molecule has 0 saturated carbocycles. The van der Waals surface area contributed by atoms with E-state index in [4.69, 9.17) is 4.52 Å². The van der Waals surface area contributed by atoms with Crippen LogP contribution in [0.4, 0.5) is 5.69 Å². The van der Waals surface area contributed by atoms with E-state index in [0.29, 0.717) is 11.6 Å². The molecule has 1 aliphatic rings. The van der Waals surface area contributed by atoms with Crippen LogP contribution in [0.2, 0.25) is 0 Å². The second-order valence-electron chi connectivity index (χ2n) is 4.99. The Morgan fingerprint density at radius 3 is 2.86 bits per heavy atom. The average molecular weight is 288 g/mol. The Kier molecular flexibility index (Phi) is 3.57. The van der Waals surface area contributed by atoms with E-state index in [-0.39, 0.29) is 23.5 Å². The number of carbonyl (C=O) groups excluding carboxylic acids is 1. The lowest BCUT2D eigenvalue weighted by atomic mass is 10.2. The number of nitrogens with zero attached hydrogens (tertiary/aromatic N) is 3. The number of rotatable bonds is 3. The lowest BCUT2D eigenvalue weighted by molar-refractivity contribution is 0.0980. The summed E-state index contributed by atoms with van der Waals surface area (Å²) in [5.41, 5.74) is 0.642. The molecular weight excluding hydrogens is 272 g/mol. The second kappa shape index (κ2) is 5.53. The highest BCUT2D eigenvalue weighted by Crippen LogP contribution is 2.22. The third-order valence-electron chi connectivity index (χ3n) is 3.53. The van der Waals surface area contributed by atoms with Crippen molar-refractivity contribution in [2.75, 3.05) is 18.5 Å². The van der Waals surface area contributed by atoms with Crippen LogP contribution in [-0.2, 0) is 0 Å². The van der Waals surface area contributed by atoms with E-state index in [1.54, 1.807) is 19.2 Å². The summed E-state index contributed by atoms with van der Waals surface area (Å²) in [4.78, 5) is 17.9. The highest BCUT2D eigenvalue weighted by molar-refractivity contribution is 6.03. The number of anilines is 1. The Hall–Kier alpha value is -2.41. The van der Waals surface area contributed by atoms with Gasteiger partial charge in [-0.1, -0.05) is 5.16 Å². The van der Waals surface area contributed by atoms with Crippen molar-refractivity contribution in [3.8, 4) is 5.75 Å². The summed E-state index contributed by atoms with van der Waals surface area (Å²) in [5, 5.41) is 16.3. The van der Waals surface area contributed by atoms with Crippen LogP contribution in [0.25, 0.3) is 0 Å². The molecule has 2 heterocycles. The van der Waals surface area contributed by atoms with Crippen molar-refractivity contribution in [2.24, 2.45) is 0 Å². The first-order valence-electron chi connectivity index (χ1n) is 6.79. The van der Waals surface area contributed by atoms with E-state index in [0.717, 1.165) is 19.4 Å². The van der Waals surface area contributed by atoms with Gasteiger partial charge >= 0.3 is 0 Å². The summed E-state index contributed by atoms with van der Waals surface area (Å²) in [7, 11) is 1.62. The van der Waals surface area contributed by atoms with Crippen molar-refractivity contribution in [1.82, 2.24) is 15.5 Å². The summed E-state index contributed by atoms with van der Waals surface area (Å²) in [6.07, 6.45) is 1.99. The number of hydrogen-bond acceptors (Lipinski definition) is 6. The van der Waals surface area contributed by atoms with Crippen LogP contribution in [0, 0.1) is 0 Å². The zero-order chi connectivity index (χ0) is 14.8. The van der Waals surface area contributed by atoms with Gasteiger partial charge in [-0.15, -0.1) is 0 Å². The standard InChI is InChI=1S/C14H16N4O3/c1-18(9-4-6-10(19)7-5-9)14(20)12-16-13(21-17-12)11-3-2-8-15-11/h4-7,11,15,19H,2-3,8H2,1H3. The molecule has 21 heavy (non-hydrogen) atoms. The largest absolute Gasteiger partial charge is 0.508 e. The van der Waals surface area contributed by atoms with Gasteiger partial charge in [0.1, 0.15) is 5.75 Å². The fourth-order valence-electron chi connectivity index (χ4n) is 2.30. The van der Waals surface area contributed by atoms with E-state index in [2.05, 4.69) is 15.5 Å². The molecular formula is C14H16N4O3. The van der Waals surface area contributed by atoms with Gasteiger partial charge in [0.2, 0.25) is 5.89 Å². The van der Waals surface area contributed by atoms with E-state index >= 15 is 0 Å². The minimum Gasteiger partial charge on any atom is -0.508 e. The number of phenolic OH excluding ortho intramolecular Hbond substituents is 1. The Balaban J connectivity index is 1.76. The summed E-state index contributed by atoms with van der Waals surface area (Å²) in [5.74, 6) is 0.284. The maximum atomic E-state index is 12.3. The van der Waals surface area contributed by atoms with Gasteiger partial charge in [-0.25, -0.2) is 0 Å². The molecule has 0 spiro atoms. The molecule has 0 aliphatic carbocycles. The summed E-state index contributed by atoms with van der Waals surface area (Å²) < 4.78 is 5.16. The van der Waals surface area contributed by atoms with Crippen LogP contribution >= 0.6 is 0 Å². The molecule has 2 aromatic rings. The lowest BCUT2D eigenvalue weighted by Crippen LogP contribution is -2.27. The molecule has 3 rings (SSSR count). The first kappa shape index (κ1) is 13.6. The van der Waals surface area contributed by atoms with Gasteiger partial charge in [0.05, 0.1) is 6.04 Å². The lowest BCUT2D eigenvalue weighted by Gasteiger charge is -2.14. The van der Waals surface area contributed by atoms with Gasteiger partial charge in [-0.3, -0.25) is 4.79 Å². The molecule has 1 fully saturated rings. The molecule has 0 radical (unpaired) electrons. The molecule has 1 aromatic carbocycles. The number of amides is 1. The van der Waals surface area contributed by atoms with Crippen molar-refractivity contribution in [2.45, 2.75) is 18.9 Å². The molecule has 1 amide bonds. The fourth-order valence-corrected chi connectivity index (χ4v) is 2.30. The smallest absolute Gasteiger partial charge is 0.299 e. The maximum Gasteiger partial charge on any atom is 0.299 e. The SMILES string of the molecule is CN(C(=O)c1noc(C2CCCN2)n1)c1ccc(O)cc1. The predicted molar refractivity (Wildman–Crippen MR) is 75.1 cm³/mol. The zero-order valence-electron chi connectivity index (χ0n) is 11.6. The Bertz CT molecular complexity index is 632. The van der Waals surface area contributed by atoms with E-state index in [1.807, 2.05) is 0 Å². The van der Waals surface area contributed by atoms with Gasteiger partial charge in [-0.05, 0) is 43.7 Å². The zero-order valence-corrected chi connectivity index (χ0v) is 11.6. The highest BCUT2D eigenvalue weighted by atomic mass is 16.5. The molecule has 7 heteroatoms. The first-order chi connectivity index (χ1) is 10.1. The monoisotopic (exact) mass is 288 g/mol. The molecule has 1 unspecified atom stereocenters. The van der Waals surface area contributed by atoms with E-state index < -0.39 is 0 Å². The van der Waals surface area contributed by atoms with Crippen molar-refractivity contribution in [1.29, 1.82) is 0 Å². The fraction of sp³-hybridized carbons (Fsp3) is 0.357. The van der Waals surface area contributed by atoms with E-state index in [1.165, 1.54) is 17.0 Å². The summed E-state index contributed by atoms with van der Waals surface area (Å²) in [6, 6.07) is 6.37. The number of nitrogens with one attached hydrogen (secondary N) is 1. The van der Waals surface area contributed by atoms with Gasteiger partial charge in [0.15, 0.2) is 0 Å². The van der Waals surface area contributed by atoms with E-state index in [9.17, 15) is 9.90 Å². The van der Waals surface area contributed by atoms with Gasteiger partial charge < -0.3 is 19.8 Å². The minimum atomic E-state index is -0.353. The summed E-state index contributed by atoms with van der Waals surface area (Å²) >= 11 is 0. The minimum absolute atomic E-state index is 0.0364. The molecule has 1 saturated heterocycles. The number of carbonyl (C=O) groups is 1. The number of aromatic nitrogens is 2. The first-order valence-corrected chi connectivity index (χ1v) is 6.79. The molecule has 1 aliphatic heterocycles. The highest BCUT2D eigenvalue weighted by Gasteiger charge is 2.25. The Labute approximate surface area is 121 Å². The van der Waals surface area contributed by atoms with Crippen LogP contribution in [0.3, 0.4) is 0 Å². The second-order valence-corrected chi connectivity index (χ2v) is 4.99. The molecule has 0 bridgehead atoms. The van der Waals surface area contributed by atoms with Gasteiger partial charge in [0, 0.05) is 12.7 Å². The normalized spacial score (nSPS) is 17.9. The predicted octanol–water partition coefficient (Wildman–Crippen LogP) is 1.48. The van der Waals surface area contributed by atoms with Gasteiger partial charge in [-0.2, -0.15) is 4.98 Å². The molecule has 2 N–H and O–H groups in total. The third-order valence-corrected chi connectivity index (χ3v) is 3.53. The number of phenols is 1. The van der Waals surface area contributed by atoms with Crippen LogP contribution in [0.1, 0.15) is 35.4 Å². The van der Waals surface area contributed by atoms with Crippen LogP contribution in [0.5, 0.6) is 5.75 Å². The number of benzene rings is 1. The summed E-state index contributed by atoms with van der Waals surface area (Å²) in [6.45, 7) is 0.920. The molecule has 110 valence electrons.